The summed E-state index contributed by atoms with van der Waals surface area (Å²) in [5, 5.41) is 3.26. The van der Waals surface area contributed by atoms with Gasteiger partial charge in [0.15, 0.2) is 6.10 Å². The van der Waals surface area contributed by atoms with Gasteiger partial charge in [0, 0.05) is 23.9 Å². The summed E-state index contributed by atoms with van der Waals surface area (Å²) < 4.78 is 39.1. The molecule has 162 valence electrons. The van der Waals surface area contributed by atoms with E-state index in [-0.39, 0.29) is 23.5 Å². The van der Waals surface area contributed by atoms with E-state index in [1.807, 2.05) is 0 Å². The molecule has 2 N–H and O–H groups in total. The molecule has 3 rings (SSSR count). The number of ether oxygens (including phenoxy) is 2. The number of anilines is 1. The third-order valence-corrected chi connectivity index (χ3v) is 6.82. The zero-order valence-corrected chi connectivity index (χ0v) is 19.4. The van der Waals surface area contributed by atoms with Gasteiger partial charge in [0.05, 0.1) is 15.5 Å². The van der Waals surface area contributed by atoms with E-state index in [2.05, 4.69) is 26.0 Å². The Morgan fingerprint density at radius 1 is 1.30 bits per heavy atom. The number of carbonyl (C=O) groups excluding carboxylic acids is 1. The fourth-order valence-corrected chi connectivity index (χ4v) is 4.71. The minimum atomic E-state index is -3.64. The molecule has 2 aromatic rings. The summed E-state index contributed by atoms with van der Waals surface area (Å²) in [7, 11) is -3.64. The van der Waals surface area contributed by atoms with Crippen molar-refractivity contribution in [3.63, 3.8) is 0 Å². The number of sulfonamides is 1. The average molecular weight is 518 g/mol. The van der Waals surface area contributed by atoms with Crippen LogP contribution >= 0.6 is 27.5 Å². The van der Waals surface area contributed by atoms with Gasteiger partial charge in [0.2, 0.25) is 10.0 Å². The molecule has 10 heteroatoms. The third-order valence-electron chi connectivity index (χ3n) is 4.52. The van der Waals surface area contributed by atoms with Crippen molar-refractivity contribution in [1.29, 1.82) is 0 Å². The van der Waals surface area contributed by atoms with E-state index in [0.29, 0.717) is 27.5 Å². The molecule has 1 amide bonds. The summed E-state index contributed by atoms with van der Waals surface area (Å²) in [5.41, 5.74) is 0.462. The molecule has 0 aromatic heterocycles. The number of nitrogens with one attached hydrogen (secondary N) is 2. The second-order valence-corrected chi connectivity index (χ2v) is 9.89. The summed E-state index contributed by atoms with van der Waals surface area (Å²) in [6, 6.07) is 10.9. The third kappa shape index (κ3) is 6.18. The maximum atomic E-state index is 12.4. The lowest BCUT2D eigenvalue weighted by Gasteiger charge is -2.16. The van der Waals surface area contributed by atoms with Gasteiger partial charge in [-0.25, -0.2) is 13.1 Å². The fraction of sp³-hybridized carbons (Fsp3) is 0.350. The van der Waals surface area contributed by atoms with Crippen LogP contribution in [0.3, 0.4) is 0 Å². The van der Waals surface area contributed by atoms with E-state index in [4.69, 9.17) is 21.1 Å². The van der Waals surface area contributed by atoms with Crippen molar-refractivity contribution in [1.82, 2.24) is 4.72 Å². The van der Waals surface area contributed by atoms with Crippen LogP contribution in [0.1, 0.15) is 19.8 Å². The summed E-state index contributed by atoms with van der Waals surface area (Å²) in [5.74, 6) is 0.116. The first-order valence-corrected chi connectivity index (χ1v) is 12.0. The number of halogens is 2. The van der Waals surface area contributed by atoms with Crippen molar-refractivity contribution < 1.29 is 22.7 Å². The van der Waals surface area contributed by atoms with Crippen molar-refractivity contribution >= 4 is 49.1 Å². The Kier molecular flexibility index (Phi) is 7.75. The molecule has 30 heavy (non-hydrogen) atoms. The minimum Gasteiger partial charge on any atom is -0.480 e. The Bertz CT molecular complexity index is 995. The first kappa shape index (κ1) is 23.0. The van der Waals surface area contributed by atoms with Gasteiger partial charge in [-0.2, -0.15) is 0 Å². The first-order valence-electron chi connectivity index (χ1n) is 9.38. The van der Waals surface area contributed by atoms with Gasteiger partial charge in [-0.05, 0) is 78.2 Å². The maximum Gasteiger partial charge on any atom is 0.265 e. The minimum absolute atomic E-state index is 0.0829. The first-order chi connectivity index (χ1) is 14.2. The highest BCUT2D eigenvalue weighted by Gasteiger charge is 2.21. The van der Waals surface area contributed by atoms with Gasteiger partial charge in [-0.15, -0.1) is 0 Å². The van der Waals surface area contributed by atoms with Crippen molar-refractivity contribution in [2.75, 3.05) is 18.5 Å². The molecule has 0 spiro atoms. The summed E-state index contributed by atoms with van der Waals surface area (Å²) in [6.07, 6.45) is 0.928. The molecule has 1 aliphatic heterocycles. The lowest BCUT2D eigenvalue weighted by molar-refractivity contribution is -0.122. The fourth-order valence-electron chi connectivity index (χ4n) is 2.87. The number of amides is 1. The smallest absolute Gasteiger partial charge is 0.265 e. The van der Waals surface area contributed by atoms with Crippen LogP contribution in [0.25, 0.3) is 0 Å². The number of rotatable bonds is 8. The normalized spacial score (nSPS) is 17.5. The van der Waals surface area contributed by atoms with Crippen LogP contribution in [0, 0.1) is 0 Å². The van der Waals surface area contributed by atoms with Crippen LogP contribution in [0.4, 0.5) is 5.69 Å². The zero-order valence-electron chi connectivity index (χ0n) is 16.2. The average Bonchev–Trinajstić information content (AvgIpc) is 3.23. The molecule has 0 aliphatic carbocycles. The van der Waals surface area contributed by atoms with Crippen molar-refractivity contribution in [3.05, 3.63) is 52.0 Å². The number of hydrogen-bond donors (Lipinski definition) is 2. The monoisotopic (exact) mass is 516 g/mol. The van der Waals surface area contributed by atoms with E-state index >= 15 is 0 Å². The van der Waals surface area contributed by atoms with Crippen LogP contribution in [0.5, 0.6) is 5.75 Å². The molecule has 2 aromatic carbocycles. The number of benzene rings is 2. The largest absolute Gasteiger partial charge is 0.480 e. The Labute approximate surface area is 189 Å². The summed E-state index contributed by atoms with van der Waals surface area (Å²) in [4.78, 5) is 12.5. The predicted molar refractivity (Wildman–Crippen MR) is 118 cm³/mol. The van der Waals surface area contributed by atoms with E-state index in [1.165, 1.54) is 24.3 Å². The SMILES string of the molecule is CC(Oc1ccc(Cl)cc1Br)C(=O)Nc1ccc(S(=O)(=O)NCC2CCCO2)cc1. The van der Waals surface area contributed by atoms with Crippen LogP contribution in [0.15, 0.2) is 51.8 Å². The maximum absolute atomic E-state index is 12.4. The standard InChI is InChI=1S/C20H22BrClN2O5S/c1-13(29-19-9-4-14(22)11-18(19)21)20(25)24-15-5-7-17(8-6-15)30(26,27)23-12-16-3-2-10-28-16/h4-9,11,13,16,23H,2-3,10,12H2,1H3,(H,24,25). The molecular weight excluding hydrogens is 496 g/mol. The van der Waals surface area contributed by atoms with Gasteiger partial charge in [0.25, 0.3) is 5.91 Å². The van der Waals surface area contributed by atoms with E-state index < -0.39 is 16.1 Å². The molecule has 1 aliphatic rings. The van der Waals surface area contributed by atoms with Crippen LogP contribution in [-0.2, 0) is 19.6 Å². The van der Waals surface area contributed by atoms with Gasteiger partial charge >= 0.3 is 0 Å². The van der Waals surface area contributed by atoms with E-state index in [0.717, 1.165) is 12.8 Å². The van der Waals surface area contributed by atoms with Crippen molar-refractivity contribution in [2.45, 2.75) is 36.9 Å². The predicted octanol–water partition coefficient (Wildman–Crippen LogP) is 3.97. The molecule has 0 radical (unpaired) electrons. The van der Waals surface area contributed by atoms with Crippen LogP contribution in [-0.4, -0.2) is 39.7 Å². The molecule has 2 atom stereocenters. The molecule has 7 nitrogen and oxygen atoms in total. The highest BCUT2D eigenvalue weighted by molar-refractivity contribution is 9.10. The quantitative estimate of drug-likeness (QED) is 0.553. The molecule has 2 unspecified atom stereocenters. The molecule has 0 bridgehead atoms. The summed E-state index contributed by atoms with van der Waals surface area (Å²) in [6.45, 7) is 2.53. The van der Waals surface area contributed by atoms with Crippen molar-refractivity contribution in [3.8, 4) is 5.75 Å². The van der Waals surface area contributed by atoms with Crippen LogP contribution in [0.2, 0.25) is 5.02 Å². The number of carbonyl (C=O) groups is 1. The summed E-state index contributed by atoms with van der Waals surface area (Å²) >= 11 is 9.24. The Morgan fingerprint density at radius 3 is 2.67 bits per heavy atom. The topological polar surface area (TPSA) is 93.7 Å². The lowest BCUT2D eigenvalue weighted by atomic mass is 10.2. The highest BCUT2D eigenvalue weighted by atomic mass is 79.9. The van der Waals surface area contributed by atoms with E-state index in [1.54, 1.807) is 25.1 Å². The molecule has 1 heterocycles. The number of hydrogen-bond acceptors (Lipinski definition) is 5. The highest BCUT2D eigenvalue weighted by Crippen LogP contribution is 2.29. The molecule has 1 saturated heterocycles. The zero-order chi connectivity index (χ0) is 21.7. The van der Waals surface area contributed by atoms with Crippen LogP contribution < -0.4 is 14.8 Å². The van der Waals surface area contributed by atoms with Crippen molar-refractivity contribution in [2.24, 2.45) is 0 Å². The second kappa shape index (κ2) is 10.1. The van der Waals surface area contributed by atoms with Gasteiger partial charge in [-0.3, -0.25) is 4.79 Å². The Hall–Kier alpha value is -1.65. The van der Waals surface area contributed by atoms with E-state index in [9.17, 15) is 13.2 Å². The van der Waals surface area contributed by atoms with Gasteiger partial charge < -0.3 is 14.8 Å². The molecule has 1 fully saturated rings. The Morgan fingerprint density at radius 2 is 2.03 bits per heavy atom. The molecular formula is C20H22BrClN2O5S. The lowest BCUT2D eigenvalue weighted by Crippen LogP contribution is -2.32. The Balaban J connectivity index is 1.56. The van der Waals surface area contributed by atoms with Gasteiger partial charge in [0.1, 0.15) is 5.75 Å². The second-order valence-electron chi connectivity index (χ2n) is 6.84. The van der Waals surface area contributed by atoms with Gasteiger partial charge in [-0.1, -0.05) is 11.6 Å². The molecule has 0 saturated carbocycles.